The highest BCUT2D eigenvalue weighted by atomic mass is 15.0. The standard InChI is InChI=1S/C9H20N2/c1-3-9(4-2)8(7-10)5-6-11-9/h8,11H,3-7,10H2,1-2H3. The predicted molar refractivity (Wildman–Crippen MR) is 48.5 cm³/mol. The Morgan fingerprint density at radius 1 is 1.45 bits per heavy atom. The van der Waals surface area contributed by atoms with Gasteiger partial charge in [0.2, 0.25) is 0 Å². The van der Waals surface area contributed by atoms with Crippen LogP contribution in [0.3, 0.4) is 0 Å². The van der Waals surface area contributed by atoms with Crippen LogP contribution in [0.1, 0.15) is 33.1 Å². The number of hydrogen-bond acceptors (Lipinski definition) is 2. The van der Waals surface area contributed by atoms with Crippen LogP contribution in [-0.4, -0.2) is 18.6 Å². The third kappa shape index (κ3) is 1.42. The van der Waals surface area contributed by atoms with Gasteiger partial charge in [-0.05, 0) is 38.3 Å². The first-order chi connectivity index (χ1) is 5.29. The summed E-state index contributed by atoms with van der Waals surface area (Å²) in [6, 6.07) is 0. The molecule has 1 aliphatic heterocycles. The van der Waals surface area contributed by atoms with Crippen LogP contribution in [-0.2, 0) is 0 Å². The third-order valence-corrected chi connectivity index (χ3v) is 3.30. The van der Waals surface area contributed by atoms with E-state index >= 15 is 0 Å². The Labute approximate surface area is 69.5 Å². The van der Waals surface area contributed by atoms with Crippen molar-refractivity contribution in [3.8, 4) is 0 Å². The average Bonchev–Trinajstić information content (AvgIpc) is 2.47. The number of hydrogen-bond donors (Lipinski definition) is 2. The Morgan fingerprint density at radius 2 is 2.09 bits per heavy atom. The highest BCUT2D eigenvalue weighted by Gasteiger charge is 2.38. The molecule has 0 bridgehead atoms. The molecule has 1 rings (SSSR count). The van der Waals surface area contributed by atoms with Gasteiger partial charge in [-0.2, -0.15) is 0 Å². The van der Waals surface area contributed by atoms with E-state index in [1.165, 1.54) is 19.3 Å². The van der Waals surface area contributed by atoms with Crippen molar-refractivity contribution >= 4 is 0 Å². The molecule has 0 aromatic carbocycles. The van der Waals surface area contributed by atoms with Gasteiger partial charge in [-0.15, -0.1) is 0 Å². The molecule has 1 saturated heterocycles. The van der Waals surface area contributed by atoms with E-state index in [0.717, 1.165) is 13.1 Å². The molecule has 2 nitrogen and oxygen atoms in total. The summed E-state index contributed by atoms with van der Waals surface area (Å²) in [5, 5.41) is 3.59. The molecular formula is C9H20N2. The van der Waals surface area contributed by atoms with Crippen molar-refractivity contribution in [2.75, 3.05) is 13.1 Å². The van der Waals surface area contributed by atoms with Crippen molar-refractivity contribution in [2.45, 2.75) is 38.6 Å². The van der Waals surface area contributed by atoms with E-state index in [4.69, 9.17) is 5.73 Å². The quantitative estimate of drug-likeness (QED) is 0.642. The molecule has 1 atom stereocenters. The minimum atomic E-state index is 0.370. The van der Waals surface area contributed by atoms with E-state index in [1.54, 1.807) is 0 Å². The Kier molecular flexibility index (Phi) is 2.90. The number of rotatable bonds is 3. The van der Waals surface area contributed by atoms with Gasteiger partial charge >= 0.3 is 0 Å². The third-order valence-electron chi connectivity index (χ3n) is 3.30. The van der Waals surface area contributed by atoms with Crippen LogP contribution in [0.2, 0.25) is 0 Å². The first-order valence-corrected chi connectivity index (χ1v) is 4.74. The van der Waals surface area contributed by atoms with Crippen LogP contribution >= 0.6 is 0 Å². The molecule has 0 aromatic heterocycles. The summed E-state index contributed by atoms with van der Waals surface area (Å²) in [5.74, 6) is 0.706. The van der Waals surface area contributed by atoms with Crippen molar-refractivity contribution in [3.05, 3.63) is 0 Å². The largest absolute Gasteiger partial charge is 0.330 e. The second kappa shape index (κ2) is 3.55. The van der Waals surface area contributed by atoms with Crippen molar-refractivity contribution in [1.82, 2.24) is 5.32 Å². The summed E-state index contributed by atoms with van der Waals surface area (Å²) in [4.78, 5) is 0. The van der Waals surface area contributed by atoms with E-state index in [0.29, 0.717) is 11.5 Å². The van der Waals surface area contributed by atoms with Crippen molar-refractivity contribution in [2.24, 2.45) is 11.7 Å². The van der Waals surface area contributed by atoms with Crippen LogP contribution in [0.5, 0.6) is 0 Å². The van der Waals surface area contributed by atoms with E-state index in [-0.39, 0.29) is 0 Å². The Balaban J connectivity index is 2.63. The fourth-order valence-electron chi connectivity index (χ4n) is 2.34. The molecule has 0 aromatic rings. The minimum absolute atomic E-state index is 0.370. The summed E-state index contributed by atoms with van der Waals surface area (Å²) in [6.45, 7) is 6.51. The molecule has 2 heteroatoms. The monoisotopic (exact) mass is 156 g/mol. The molecule has 11 heavy (non-hydrogen) atoms. The molecule has 0 radical (unpaired) electrons. The zero-order valence-corrected chi connectivity index (χ0v) is 7.69. The summed E-state index contributed by atoms with van der Waals surface area (Å²) >= 11 is 0. The number of nitrogens with one attached hydrogen (secondary N) is 1. The summed E-state index contributed by atoms with van der Waals surface area (Å²) < 4.78 is 0. The lowest BCUT2D eigenvalue weighted by molar-refractivity contribution is 0.262. The van der Waals surface area contributed by atoms with Crippen molar-refractivity contribution in [3.63, 3.8) is 0 Å². The highest BCUT2D eigenvalue weighted by molar-refractivity contribution is 4.97. The fraction of sp³-hybridized carbons (Fsp3) is 1.00. The minimum Gasteiger partial charge on any atom is -0.330 e. The highest BCUT2D eigenvalue weighted by Crippen LogP contribution is 2.31. The molecule has 0 amide bonds. The SMILES string of the molecule is CCC1(CC)NCCC1CN. The Morgan fingerprint density at radius 3 is 2.45 bits per heavy atom. The summed E-state index contributed by atoms with van der Waals surface area (Å²) in [6.07, 6.45) is 3.69. The second-order valence-corrected chi connectivity index (χ2v) is 3.51. The molecule has 0 saturated carbocycles. The lowest BCUT2D eigenvalue weighted by Crippen LogP contribution is -2.46. The van der Waals surface area contributed by atoms with Crippen LogP contribution in [0.15, 0.2) is 0 Å². The van der Waals surface area contributed by atoms with Crippen LogP contribution in [0.4, 0.5) is 0 Å². The van der Waals surface area contributed by atoms with E-state index in [9.17, 15) is 0 Å². The van der Waals surface area contributed by atoms with Gasteiger partial charge in [-0.3, -0.25) is 0 Å². The van der Waals surface area contributed by atoms with Crippen LogP contribution in [0.25, 0.3) is 0 Å². The van der Waals surface area contributed by atoms with Gasteiger partial charge in [0.05, 0.1) is 0 Å². The van der Waals surface area contributed by atoms with Crippen molar-refractivity contribution < 1.29 is 0 Å². The van der Waals surface area contributed by atoms with Gasteiger partial charge in [0.15, 0.2) is 0 Å². The smallest absolute Gasteiger partial charge is 0.0216 e. The van der Waals surface area contributed by atoms with Gasteiger partial charge in [-0.1, -0.05) is 13.8 Å². The van der Waals surface area contributed by atoms with Gasteiger partial charge in [0.1, 0.15) is 0 Å². The molecule has 0 spiro atoms. The zero-order valence-electron chi connectivity index (χ0n) is 7.69. The zero-order chi connectivity index (χ0) is 8.32. The maximum Gasteiger partial charge on any atom is 0.0216 e. The van der Waals surface area contributed by atoms with Crippen LogP contribution < -0.4 is 11.1 Å². The van der Waals surface area contributed by atoms with Gasteiger partial charge in [0, 0.05) is 5.54 Å². The molecule has 1 aliphatic rings. The molecule has 1 unspecified atom stereocenters. The van der Waals surface area contributed by atoms with Gasteiger partial charge < -0.3 is 11.1 Å². The number of nitrogens with two attached hydrogens (primary N) is 1. The Bertz CT molecular complexity index is 119. The van der Waals surface area contributed by atoms with Crippen LogP contribution in [0, 0.1) is 5.92 Å². The van der Waals surface area contributed by atoms with E-state index in [1.807, 2.05) is 0 Å². The topological polar surface area (TPSA) is 38.0 Å². The summed E-state index contributed by atoms with van der Waals surface area (Å²) in [7, 11) is 0. The molecular weight excluding hydrogens is 136 g/mol. The average molecular weight is 156 g/mol. The maximum atomic E-state index is 5.72. The maximum absolute atomic E-state index is 5.72. The predicted octanol–water partition coefficient (Wildman–Crippen LogP) is 1.11. The molecule has 3 N–H and O–H groups in total. The molecule has 66 valence electrons. The van der Waals surface area contributed by atoms with Crippen molar-refractivity contribution in [1.29, 1.82) is 0 Å². The fourth-order valence-corrected chi connectivity index (χ4v) is 2.34. The lowest BCUT2D eigenvalue weighted by atomic mass is 9.81. The molecule has 1 heterocycles. The second-order valence-electron chi connectivity index (χ2n) is 3.51. The normalized spacial score (nSPS) is 29.2. The molecule has 0 aliphatic carbocycles. The first kappa shape index (κ1) is 9.01. The van der Waals surface area contributed by atoms with E-state index < -0.39 is 0 Å². The Hall–Kier alpha value is -0.0800. The first-order valence-electron chi connectivity index (χ1n) is 4.74. The molecule has 1 fully saturated rings. The van der Waals surface area contributed by atoms with Gasteiger partial charge in [0.25, 0.3) is 0 Å². The van der Waals surface area contributed by atoms with Gasteiger partial charge in [-0.25, -0.2) is 0 Å². The summed E-state index contributed by atoms with van der Waals surface area (Å²) in [5.41, 5.74) is 6.09. The lowest BCUT2D eigenvalue weighted by Gasteiger charge is -2.33. The van der Waals surface area contributed by atoms with E-state index in [2.05, 4.69) is 19.2 Å².